The van der Waals surface area contributed by atoms with Gasteiger partial charge in [0.25, 0.3) is 5.91 Å². The van der Waals surface area contributed by atoms with Crippen LogP contribution < -0.4 is 10.1 Å². The van der Waals surface area contributed by atoms with E-state index in [-0.39, 0.29) is 12.1 Å². The van der Waals surface area contributed by atoms with Crippen molar-refractivity contribution in [2.45, 2.75) is 12.5 Å². The molecule has 0 aliphatic heterocycles. The van der Waals surface area contributed by atoms with Crippen LogP contribution in [0.5, 0.6) is 5.75 Å². The van der Waals surface area contributed by atoms with Gasteiger partial charge in [-0.2, -0.15) is 0 Å². The fourth-order valence-corrected chi connectivity index (χ4v) is 3.49. The quantitative estimate of drug-likeness (QED) is 0.459. The molecule has 1 aromatic heterocycles. The number of hydrogen-bond donors (Lipinski definition) is 2. The van der Waals surface area contributed by atoms with E-state index in [9.17, 15) is 14.7 Å². The van der Waals surface area contributed by atoms with Gasteiger partial charge in [-0.1, -0.05) is 60.7 Å². The lowest BCUT2D eigenvalue weighted by atomic mass is 10.0. The molecule has 4 rings (SSSR count). The van der Waals surface area contributed by atoms with E-state index in [2.05, 4.69) is 10.3 Å². The van der Waals surface area contributed by atoms with E-state index in [1.165, 1.54) is 0 Å². The van der Waals surface area contributed by atoms with E-state index in [0.717, 1.165) is 33.2 Å². The first-order chi connectivity index (χ1) is 15.5. The Hall–Kier alpha value is -4.19. The number of methoxy groups -OCH3 is 1. The molecule has 2 N–H and O–H groups in total. The van der Waals surface area contributed by atoms with Gasteiger partial charge < -0.3 is 15.2 Å². The van der Waals surface area contributed by atoms with Crippen LogP contribution in [-0.2, 0) is 11.2 Å². The largest absolute Gasteiger partial charge is 0.497 e. The van der Waals surface area contributed by atoms with E-state index in [1.807, 2.05) is 72.8 Å². The minimum absolute atomic E-state index is 0.164. The Balaban J connectivity index is 1.46. The van der Waals surface area contributed by atoms with Crippen molar-refractivity contribution in [3.63, 3.8) is 0 Å². The van der Waals surface area contributed by atoms with Crippen LogP contribution in [0.3, 0.4) is 0 Å². The molecule has 32 heavy (non-hydrogen) atoms. The number of fused-ring (bicyclic) bond motifs is 1. The van der Waals surface area contributed by atoms with Crippen LogP contribution in [0, 0.1) is 0 Å². The Bertz CT molecular complexity index is 1250. The predicted molar refractivity (Wildman–Crippen MR) is 123 cm³/mol. The minimum atomic E-state index is -1.10. The van der Waals surface area contributed by atoms with Gasteiger partial charge in [-0.3, -0.25) is 9.78 Å². The molecule has 1 amide bonds. The molecule has 1 atom stereocenters. The average molecular weight is 426 g/mol. The number of nitrogens with one attached hydrogen (secondary N) is 1. The Morgan fingerprint density at radius 3 is 2.19 bits per heavy atom. The predicted octanol–water partition coefficient (Wildman–Crippen LogP) is 4.34. The SMILES string of the molecule is COc1ccc(-c2ccc(C[C@H](NC(=O)c3cc4ccccc4cn3)C(=O)O)cc2)cc1. The molecule has 0 bridgehead atoms. The molecule has 1 heterocycles. The number of carboxylic acid groups (broad SMARTS) is 1. The van der Waals surface area contributed by atoms with Crippen molar-refractivity contribution in [1.29, 1.82) is 0 Å². The molecule has 6 nitrogen and oxygen atoms in total. The molecule has 0 spiro atoms. The Labute approximate surface area is 185 Å². The van der Waals surface area contributed by atoms with E-state index in [0.29, 0.717) is 0 Å². The van der Waals surface area contributed by atoms with Crippen LogP contribution in [0.25, 0.3) is 21.9 Å². The number of aromatic nitrogens is 1. The van der Waals surface area contributed by atoms with Crippen molar-refractivity contribution in [2.75, 3.05) is 7.11 Å². The fourth-order valence-electron chi connectivity index (χ4n) is 3.49. The number of pyridine rings is 1. The van der Waals surface area contributed by atoms with Gasteiger partial charge in [0.15, 0.2) is 0 Å². The monoisotopic (exact) mass is 426 g/mol. The summed E-state index contributed by atoms with van der Waals surface area (Å²) in [5.41, 5.74) is 3.03. The van der Waals surface area contributed by atoms with Crippen LogP contribution in [0.4, 0.5) is 0 Å². The summed E-state index contributed by atoms with van der Waals surface area (Å²) >= 11 is 0. The molecule has 4 aromatic rings. The highest BCUT2D eigenvalue weighted by atomic mass is 16.5. The van der Waals surface area contributed by atoms with Crippen LogP contribution in [-0.4, -0.2) is 35.1 Å². The van der Waals surface area contributed by atoms with E-state index >= 15 is 0 Å². The summed E-state index contributed by atoms with van der Waals surface area (Å²) in [7, 11) is 1.62. The number of ether oxygens (including phenoxy) is 1. The molecule has 160 valence electrons. The summed E-state index contributed by atoms with van der Waals surface area (Å²) in [5, 5.41) is 14.0. The number of carbonyl (C=O) groups excluding carboxylic acids is 1. The Morgan fingerprint density at radius 1 is 0.938 bits per heavy atom. The van der Waals surface area contributed by atoms with Gasteiger partial charge in [0.1, 0.15) is 17.5 Å². The van der Waals surface area contributed by atoms with Gasteiger partial charge in [-0.25, -0.2) is 4.79 Å². The third-order valence-electron chi connectivity index (χ3n) is 5.28. The van der Waals surface area contributed by atoms with Crippen molar-refractivity contribution < 1.29 is 19.4 Å². The number of benzene rings is 3. The van der Waals surface area contributed by atoms with Gasteiger partial charge >= 0.3 is 5.97 Å². The van der Waals surface area contributed by atoms with Crippen molar-refractivity contribution in [3.05, 3.63) is 96.3 Å². The van der Waals surface area contributed by atoms with Crippen LogP contribution >= 0.6 is 0 Å². The number of carbonyl (C=O) groups is 2. The van der Waals surface area contributed by atoms with E-state index in [4.69, 9.17) is 4.74 Å². The molecule has 0 saturated heterocycles. The highest BCUT2D eigenvalue weighted by molar-refractivity contribution is 5.98. The van der Waals surface area contributed by atoms with E-state index in [1.54, 1.807) is 19.4 Å². The zero-order chi connectivity index (χ0) is 22.5. The molecule has 3 aromatic carbocycles. The summed E-state index contributed by atoms with van der Waals surface area (Å²) < 4.78 is 5.18. The van der Waals surface area contributed by atoms with Crippen molar-refractivity contribution in [2.24, 2.45) is 0 Å². The summed E-state index contributed by atoms with van der Waals surface area (Å²) in [6.07, 6.45) is 1.77. The molecule has 0 fully saturated rings. The first kappa shape index (κ1) is 21.1. The smallest absolute Gasteiger partial charge is 0.326 e. The van der Waals surface area contributed by atoms with Gasteiger partial charge in [0.2, 0.25) is 0 Å². The standard InChI is InChI=1S/C26H22N2O4/c1-32-22-12-10-19(11-13-22)18-8-6-17(7-9-18)14-24(26(30)31)28-25(29)23-15-20-4-2-3-5-21(20)16-27-23/h2-13,15-16,24H,14H2,1H3,(H,28,29)(H,30,31)/t24-/m0/s1. The van der Waals surface area contributed by atoms with Crippen molar-refractivity contribution >= 4 is 22.6 Å². The number of aliphatic carboxylic acids is 1. The highest BCUT2D eigenvalue weighted by Crippen LogP contribution is 2.23. The molecule has 0 saturated carbocycles. The third kappa shape index (κ3) is 4.75. The lowest BCUT2D eigenvalue weighted by Gasteiger charge is -2.15. The van der Waals surface area contributed by atoms with Crippen LogP contribution in [0.2, 0.25) is 0 Å². The number of hydrogen-bond acceptors (Lipinski definition) is 4. The second-order valence-electron chi connectivity index (χ2n) is 7.41. The molecule has 0 radical (unpaired) electrons. The summed E-state index contributed by atoms with van der Waals surface area (Å²) in [6, 6.07) is 23.5. The summed E-state index contributed by atoms with van der Waals surface area (Å²) in [6.45, 7) is 0. The second kappa shape index (κ2) is 9.31. The van der Waals surface area contributed by atoms with Crippen molar-refractivity contribution in [1.82, 2.24) is 10.3 Å². The number of carboxylic acids is 1. The zero-order valence-electron chi connectivity index (χ0n) is 17.5. The Morgan fingerprint density at radius 2 is 1.56 bits per heavy atom. The average Bonchev–Trinajstić information content (AvgIpc) is 2.83. The molecular weight excluding hydrogens is 404 g/mol. The molecule has 6 heteroatoms. The lowest BCUT2D eigenvalue weighted by molar-refractivity contribution is -0.139. The number of amides is 1. The topological polar surface area (TPSA) is 88.5 Å². The van der Waals surface area contributed by atoms with Gasteiger partial charge in [0.05, 0.1) is 7.11 Å². The normalized spacial score (nSPS) is 11.7. The molecule has 0 aliphatic carbocycles. The van der Waals surface area contributed by atoms with Gasteiger partial charge in [0, 0.05) is 18.0 Å². The maximum atomic E-state index is 12.6. The molecule has 0 aliphatic rings. The third-order valence-corrected chi connectivity index (χ3v) is 5.28. The summed E-state index contributed by atoms with van der Waals surface area (Å²) in [4.78, 5) is 28.6. The van der Waals surface area contributed by atoms with E-state index < -0.39 is 17.9 Å². The second-order valence-corrected chi connectivity index (χ2v) is 7.41. The lowest BCUT2D eigenvalue weighted by Crippen LogP contribution is -2.42. The zero-order valence-corrected chi connectivity index (χ0v) is 17.5. The van der Waals surface area contributed by atoms with Crippen LogP contribution in [0.15, 0.2) is 85.1 Å². The summed E-state index contributed by atoms with van der Waals surface area (Å²) in [5.74, 6) is -0.831. The maximum Gasteiger partial charge on any atom is 0.326 e. The Kier molecular flexibility index (Phi) is 6.12. The fraction of sp³-hybridized carbons (Fsp3) is 0.115. The first-order valence-corrected chi connectivity index (χ1v) is 10.2. The van der Waals surface area contributed by atoms with Crippen molar-refractivity contribution in [3.8, 4) is 16.9 Å². The maximum absolute atomic E-state index is 12.6. The first-order valence-electron chi connectivity index (χ1n) is 10.2. The number of nitrogens with zero attached hydrogens (tertiary/aromatic N) is 1. The number of rotatable bonds is 7. The van der Waals surface area contributed by atoms with Gasteiger partial charge in [-0.15, -0.1) is 0 Å². The van der Waals surface area contributed by atoms with Crippen LogP contribution in [0.1, 0.15) is 16.1 Å². The molecule has 0 unspecified atom stereocenters. The highest BCUT2D eigenvalue weighted by Gasteiger charge is 2.22. The molecular formula is C26H22N2O4. The van der Waals surface area contributed by atoms with Gasteiger partial charge in [-0.05, 0) is 40.3 Å². The minimum Gasteiger partial charge on any atom is -0.497 e.